The van der Waals surface area contributed by atoms with Crippen LogP contribution in [0.4, 0.5) is 0 Å². The fourth-order valence-electron chi connectivity index (χ4n) is 2.98. The van der Waals surface area contributed by atoms with E-state index in [4.69, 9.17) is 10.8 Å². The van der Waals surface area contributed by atoms with Crippen LogP contribution in [0.25, 0.3) is 0 Å². The third-order valence-electron chi connectivity index (χ3n) is 3.96. The Morgan fingerprint density at radius 2 is 1.94 bits per heavy atom. The smallest absolute Gasteiger partial charge is 0.326 e. The monoisotopic (exact) mass is 240 g/mol. The van der Waals surface area contributed by atoms with Crippen LogP contribution in [0.3, 0.4) is 0 Å². The number of hydrogen-bond acceptors (Lipinski definition) is 3. The van der Waals surface area contributed by atoms with Crippen LogP contribution in [-0.4, -0.2) is 40.0 Å². The molecule has 0 spiro atoms. The van der Waals surface area contributed by atoms with Gasteiger partial charge in [0.1, 0.15) is 6.04 Å². The standard InChI is InChI=1S/C12H20N2O3/c13-12(5-1-2-6-12)8-10(15)14-7-3-4-9(14)11(16)17/h9H,1-8,13H2,(H,16,17). The van der Waals surface area contributed by atoms with Crippen LogP contribution in [0.2, 0.25) is 0 Å². The molecule has 3 N–H and O–H groups in total. The zero-order valence-corrected chi connectivity index (χ0v) is 10.0. The maximum atomic E-state index is 12.1. The number of nitrogens with two attached hydrogens (primary N) is 1. The van der Waals surface area contributed by atoms with Gasteiger partial charge in [-0.15, -0.1) is 0 Å². The summed E-state index contributed by atoms with van der Waals surface area (Å²) < 4.78 is 0. The van der Waals surface area contributed by atoms with Crippen LogP contribution in [0.15, 0.2) is 0 Å². The molecule has 5 nitrogen and oxygen atoms in total. The number of likely N-dealkylation sites (tertiary alicyclic amines) is 1. The highest BCUT2D eigenvalue weighted by Crippen LogP contribution is 2.31. The Balaban J connectivity index is 1.97. The molecule has 2 aliphatic rings. The van der Waals surface area contributed by atoms with Crippen molar-refractivity contribution in [2.45, 2.75) is 56.5 Å². The molecule has 1 saturated carbocycles. The van der Waals surface area contributed by atoms with E-state index in [0.29, 0.717) is 19.4 Å². The molecule has 0 aromatic rings. The third kappa shape index (κ3) is 2.60. The van der Waals surface area contributed by atoms with Crippen LogP contribution in [0.5, 0.6) is 0 Å². The first kappa shape index (κ1) is 12.4. The second-order valence-electron chi connectivity index (χ2n) is 5.33. The number of nitrogens with zero attached hydrogens (tertiary/aromatic N) is 1. The Hall–Kier alpha value is -1.10. The van der Waals surface area contributed by atoms with Gasteiger partial charge < -0.3 is 15.7 Å². The van der Waals surface area contributed by atoms with Gasteiger partial charge >= 0.3 is 5.97 Å². The molecule has 1 amide bonds. The van der Waals surface area contributed by atoms with Gasteiger partial charge in [-0.25, -0.2) is 4.79 Å². The van der Waals surface area contributed by atoms with Crippen molar-refractivity contribution >= 4 is 11.9 Å². The predicted molar refractivity (Wildman–Crippen MR) is 62.4 cm³/mol. The quantitative estimate of drug-likeness (QED) is 0.761. The first-order valence-electron chi connectivity index (χ1n) is 6.33. The molecule has 1 unspecified atom stereocenters. The number of carboxylic acid groups (broad SMARTS) is 1. The zero-order chi connectivity index (χ0) is 12.5. The number of hydrogen-bond donors (Lipinski definition) is 2. The van der Waals surface area contributed by atoms with E-state index in [1.165, 1.54) is 4.90 Å². The molecule has 5 heteroatoms. The van der Waals surface area contributed by atoms with Gasteiger partial charge in [-0.3, -0.25) is 4.79 Å². The van der Waals surface area contributed by atoms with Crippen LogP contribution in [0.1, 0.15) is 44.9 Å². The van der Waals surface area contributed by atoms with E-state index < -0.39 is 12.0 Å². The van der Waals surface area contributed by atoms with Crippen molar-refractivity contribution in [2.24, 2.45) is 5.73 Å². The maximum absolute atomic E-state index is 12.1. The Labute approximate surface area is 101 Å². The minimum absolute atomic E-state index is 0.0840. The lowest BCUT2D eigenvalue weighted by atomic mass is 9.94. The summed E-state index contributed by atoms with van der Waals surface area (Å²) >= 11 is 0. The first-order chi connectivity index (χ1) is 8.02. The van der Waals surface area contributed by atoms with Gasteiger partial charge in [0, 0.05) is 18.5 Å². The van der Waals surface area contributed by atoms with Crippen molar-refractivity contribution in [1.29, 1.82) is 0 Å². The minimum Gasteiger partial charge on any atom is -0.480 e. The number of carbonyl (C=O) groups excluding carboxylic acids is 1. The van der Waals surface area contributed by atoms with Gasteiger partial charge in [0.05, 0.1) is 0 Å². The minimum atomic E-state index is -0.895. The van der Waals surface area contributed by atoms with Gasteiger partial charge in [-0.1, -0.05) is 12.8 Å². The lowest BCUT2D eigenvalue weighted by molar-refractivity contribution is -0.148. The van der Waals surface area contributed by atoms with Crippen molar-refractivity contribution in [3.63, 3.8) is 0 Å². The van der Waals surface area contributed by atoms with E-state index >= 15 is 0 Å². The highest BCUT2D eigenvalue weighted by Gasteiger charge is 2.38. The average Bonchev–Trinajstić information content (AvgIpc) is 2.85. The molecule has 0 bridgehead atoms. The fourth-order valence-corrected chi connectivity index (χ4v) is 2.98. The Kier molecular flexibility index (Phi) is 3.38. The van der Waals surface area contributed by atoms with E-state index in [2.05, 4.69) is 0 Å². The number of carbonyl (C=O) groups is 2. The fraction of sp³-hybridized carbons (Fsp3) is 0.833. The molecule has 96 valence electrons. The molecule has 1 heterocycles. The summed E-state index contributed by atoms with van der Waals surface area (Å²) in [5.74, 6) is -0.979. The zero-order valence-electron chi connectivity index (χ0n) is 10.0. The summed E-state index contributed by atoms with van der Waals surface area (Å²) in [5.41, 5.74) is 5.77. The van der Waals surface area contributed by atoms with Crippen LogP contribution < -0.4 is 5.73 Å². The van der Waals surface area contributed by atoms with Crippen LogP contribution in [-0.2, 0) is 9.59 Å². The van der Waals surface area contributed by atoms with Crippen molar-refractivity contribution in [1.82, 2.24) is 4.90 Å². The van der Waals surface area contributed by atoms with E-state index in [1.54, 1.807) is 0 Å². The van der Waals surface area contributed by atoms with Gasteiger partial charge in [-0.2, -0.15) is 0 Å². The topological polar surface area (TPSA) is 83.6 Å². The summed E-state index contributed by atoms with van der Waals surface area (Å²) in [7, 11) is 0. The number of aliphatic carboxylic acids is 1. The Bertz CT molecular complexity index is 324. The van der Waals surface area contributed by atoms with E-state index in [-0.39, 0.29) is 11.4 Å². The normalized spacial score (nSPS) is 27.4. The van der Waals surface area contributed by atoms with Crippen LogP contribution >= 0.6 is 0 Å². The molecule has 1 aliphatic heterocycles. The van der Waals surface area contributed by atoms with Crippen molar-refractivity contribution in [3.8, 4) is 0 Å². The van der Waals surface area contributed by atoms with Crippen LogP contribution in [0, 0.1) is 0 Å². The molecule has 0 radical (unpaired) electrons. The molecular weight excluding hydrogens is 220 g/mol. The lowest BCUT2D eigenvalue weighted by Crippen LogP contribution is -2.46. The highest BCUT2D eigenvalue weighted by molar-refractivity contribution is 5.84. The number of rotatable bonds is 3. The average molecular weight is 240 g/mol. The second-order valence-corrected chi connectivity index (χ2v) is 5.33. The summed E-state index contributed by atoms with van der Waals surface area (Å²) in [6.45, 7) is 0.561. The van der Waals surface area contributed by atoms with Crippen molar-refractivity contribution in [3.05, 3.63) is 0 Å². The van der Waals surface area contributed by atoms with Gasteiger partial charge in [0.2, 0.25) is 5.91 Å². The van der Waals surface area contributed by atoms with Gasteiger partial charge in [0.15, 0.2) is 0 Å². The molecule has 17 heavy (non-hydrogen) atoms. The maximum Gasteiger partial charge on any atom is 0.326 e. The summed E-state index contributed by atoms with van der Waals surface area (Å²) in [6.07, 6.45) is 5.56. The predicted octanol–water partition coefficient (Wildman–Crippen LogP) is 0.724. The third-order valence-corrected chi connectivity index (χ3v) is 3.96. The largest absolute Gasteiger partial charge is 0.480 e. The molecule has 0 aromatic carbocycles. The molecular formula is C12H20N2O3. The van der Waals surface area contributed by atoms with Crippen molar-refractivity contribution < 1.29 is 14.7 Å². The molecule has 0 aromatic heterocycles. The van der Waals surface area contributed by atoms with Crippen molar-refractivity contribution in [2.75, 3.05) is 6.54 Å². The van der Waals surface area contributed by atoms with E-state index in [1.807, 2.05) is 0 Å². The number of amides is 1. The van der Waals surface area contributed by atoms with E-state index in [9.17, 15) is 9.59 Å². The summed E-state index contributed by atoms with van der Waals surface area (Å²) in [6, 6.07) is -0.632. The summed E-state index contributed by atoms with van der Waals surface area (Å²) in [5, 5.41) is 9.03. The highest BCUT2D eigenvalue weighted by atomic mass is 16.4. The lowest BCUT2D eigenvalue weighted by Gasteiger charge is -2.28. The van der Waals surface area contributed by atoms with Gasteiger partial charge in [-0.05, 0) is 25.7 Å². The molecule has 2 fully saturated rings. The summed E-state index contributed by atoms with van der Waals surface area (Å²) in [4.78, 5) is 24.6. The van der Waals surface area contributed by atoms with Gasteiger partial charge in [0.25, 0.3) is 0 Å². The molecule has 1 aliphatic carbocycles. The second kappa shape index (κ2) is 4.64. The SMILES string of the molecule is NC1(CC(=O)N2CCCC2C(=O)O)CCCC1. The Morgan fingerprint density at radius 3 is 2.53 bits per heavy atom. The Morgan fingerprint density at radius 1 is 1.29 bits per heavy atom. The molecule has 1 saturated heterocycles. The molecule has 2 rings (SSSR count). The first-order valence-corrected chi connectivity index (χ1v) is 6.33. The van der Waals surface area contributed by atoms with E-state index in [0.717, 1.165) is 32.1 Å². The number of carboxylic acids is 1. The molecule has 1 atom stereocenters.